The molecule has 1 aromatic carbocycles. The van der Waals surface area contributed by atoms with E-state index in [9.17, 15) is 9.59 Å². The molecule has 0 spiro atoms. The van der Waals surface area contributed by atoms with Gasteiger partial charge in [0.15, 0.2) is 5.11 Å². The first kappa shape index (κ1) is 16.5. The molecule has 0 unspecified atom stereocenters. The Bertz CT molecular complexity index is 905. The maximum atomic E-state index is 12.8. The summed E-state index contributed by atoms with van der Waals surface area (Å²) in [6, 6.07) is 11.7. The summed E-state index contributed by atoms with van der Waals surface area (Å²) in [5.41, 5.74) is 2.61. The van der Waals surface area contributed by atoms with Crippen LogP contribution >= 0.6 is 12.2 Å². The van der Waals surface area contributed by atoms with E-state index in [2.05, 4.69) is 17.4 Å². The second kappa shape index (κ2) is 6.76. The molecule has 2 aromatic rings. The number of rotatable bonds is 3. The zero-order valence-corrected chi connectivity index (χ0v) is 14.8. The molecule has 1 saturated heterocycles. The predicted octanol–water partition coefficient (Wildman–Crippen LogP) is 1.97. The predicted molar refractivity (Wildman–Crippen MR) is 98.6 cm³/mol. The maximum absolute atomic E-state index is 12.8. The lowest BCUT2D eigenvalue weighted by molar-refractivity contribution is -0.129. The van der Waals surface area contributed by atoms with E-state index in [4.69, 9.17) is 16.6 Å². The van der Waals surface area contributed by atoms with Gasteiger partial charge in [-0.3, -0.25) is 19.8 Å². The van der Waals surface area contributed by atoms with Crippen LogP contribution in [0.25, 0.3) is 0 Å². The zero-order chi connectivity index (χ0) is 18.1. The summed E-state index contributed by atoms with van der Waals surface area (Å²) in [6.45, 7) is 1.61. The number of furan rings is 1. The Morgan fingerprint density at radius 3 is 2.73 bits per heavy atom. The number of fused-ring (bicyclic) bond motifs is 1. The Kier molecular flexibility index (Phi) is 4.30. The van der Waals surface area contributed by atoms with Crippen molar-refractivity contribution < 1.29 is 14.0 Å². The van der Waals surface area contributed by atoms with Gasteiger partial charge in [-0.15, -0.1) is 0 Å². The smallest absolute Gasteiger partial charge is 0.267 e. The van der Waals surface area contributed by atoms with E-state index in [1.807, 2.05) is 17.0 Å². The minimum absolute atomic E-state index is 0.0875. The van der Waals surface area contributed by atoms with Gasteiger partial charge in [0.1, 0.15) is 11.3 Å². The van der Waals surface area contributed by atoms with Crippen LogP contribution in [0.15, 0.2) is 58.9 Å². The van der Waals surface area contributed by atoms with Crippen molar-refractivity contribution in [2.75, 3.05) is 6.54 Å². The fourth-order valence-electron chi connectivity index (χ4n) is 3.19. The molecular weight excluding hydrogens is 350 g/mol. The van der Waals surface area contributed by atoms with E-state index in [1.54, 1.807) is 18.3 Å². The Morgan fingerprint density at radius 1 is 1.15 bits per heavy atom. The molecule has 26 heavy (non-hydrogen) atoms. The molecule has 2 aliphatic heterocycles. The van der Waals surface area contributed by atoms with Crippen molar-refractivity contribution in [2.45, 2.75) is 19.5 Å². The van der Waals surface area contributed by atoms with E-state index in [0.717, 1.165) is 13.0 Å². The molecule has 0 radical (unpaired) electrons. The number of carbonyl (C=O) groups is 2. The lowest BCUT2D eigenvalue weighted by atomic mass is 10.00. The van der Waals surface area contributed by atoms with Crippen LogP contribution in [0.1, 0.15) is 16.9 Å². The van der Waals surface area contributed by atoms with Crippen molar-refractivity contribution in [3.05, 3.63) is 71.3 Å². The van der Waals surface area contributed by atoms with Crippen molar-refractivity contribution in [2.24, 2.45) is 0 Å². The average molecular weight is 367 g/mol. The zero-order valence-electron chi connectivity index (χ0n) is 14.0. The molecule has 0 atom stereocenters. The summed E-state index contributed by atoms with van der Waals surface area (Å²) in [4.78, 5) is 28.5. The Labute approximate surface area is 156 Å². The molecule has 1 aromatic heterocycles. The highest BCUT2D eigenvalue weighted by atomic mass is 32.1. The van der Waals surface area contributed by atoms with E-state index in [0.29, 0.717) is 12.3 Å². The molecule has 1 fully saturated rings. The van der Waals surface area contributed by atoms with E-state index in [-0.39, 0.29) is 17.2 Å². The highest BCUT2D eigenvalue weighted by molar-refractivity contribution is 7.80. The quantitative estimate of drug-likeness (QED) is 0.510. The van der Waals surface area contributed by atoms with E-state index < -0.39 is 11.8 Å². The second-order valence-electron chi connectivity index (χ2n) is 6.26. The molecule has 0 saturated carbocycles. The number of hydrogen-bond donors (Lipinski definition) is 1. The van der Waals surface area contributed by atoms with Crippen molar-refractivity contribution in [3.63, 3.8) is 0 Å². The largest absolute Gasteiger partial charge is 0.467 e. The summed E-state index contributed by atoms with van der Waals surface area (Å²) in [5, 5.41) is 2.69. The van der Waals surface area contributed by atoms with Crippen LogP contribution in [-0.2, 0) is 29.1 Å². The van der Waals surface area contributed by atoms with Crippen LogP contribution in [0.5, 0.6) is 0 Å². The van der Waals surface area contributed by atoms with Gasteiger partial charge >= 0.3 is 0 Å². The van der Waals surface area contributed by atoms with Crippen molar-refractivity contribution >= 4 is 29.1 Å². The number of nitrogens with one attached hydrogen (secondary N) is 1. The first-order valence-corrected chi connectivity index (χ1v) is 8.75. The third-order valence-corrected chi connectivity index (χ3v) is 4.87. The molecule has 0 bridgehead atoms. The molecule has 6 nitrogen and oxygen atoms in total. The standard InChI is InChI=1S/C19H17N3O3S/c23-17-16(12-21-8-7-13-4-1-2-5-14(13)10-21)18(24)22(19(26)20-17)11-15-6-3-9-25-15/h1-6,9,12H,7-8,10-11H2,(H,20,23,26). The van der Waals surface area contributed by atoms with Gasteiger partial charge in [-0.05, 0) is 41.9 Å². The molecule has 2 amide bonds. The normalized spacial score (nSPS) is 18.9. The molecule has 0 aliphatic carbocycles. The fraction of sp³-hybridized carbons (Fsp3) is 0.211. The summed E-state index contributed by atoms with van der Waals surface area (Å²) in [7, 11) is 0. The lowest BCUT2D eigenvalue weighted by Crippen LogP contribution is -2.53. The van der Waals surface area contributed by atoms with Gasteiger partial charge in [-0.25, -0.2) is 0 Å². The van der Waals surface area contributed by atoms with Gasteiger partial charge < -0.3 is 9.32 Å². The third kappa shape index (κ3) is 3.13. The van der Waals surface area contributed by atoms with Crippen molar-refractivity contribution in [1.29, 1.82) is 0 Å². The molecule has 1 N–H and O–H groups in total. The molecule has 4 rings (SSSR count). The van der Waals surface area contributed by atoms with Crippen LogP contribution in [-0.4, -0.2) is 33.3 Å². The average Bonchev–Trinajstić information content (AvgIpc) is 3.15. The van der Waals surface area contributed by atoms with E-state index >= 15 is 0 Å². The molecule has 2 aliphatic rings. The topological polar surface area (TPSA) is 65.8 Å². The van der Waals surface area contributed by atoms with Crippen molar-refractivity contribution in [3.8, 4) is 0 Å². The first-order chi connectivity index (χ1) is 12.6. The van der Waals surface area contributed by atoms with E-state index in [1.165, 1.54) is 22.3 Å². The fourth-order valence-corrected chi connectivity index (χ4v) is 3.43. The van der Waals surface area contributed by atoms with Gasteiger partial charge in [0, 0.05) is 19.3 Å². The summed E-state index contributed by atoms with van der Waals surface area (Å²) < 4.78 is 5.29. The maximum Gasteiger partial charge on any atom is 0.267 e. The summed E-state index contributed by atoms with van der Waals surface area (Å²) in [6.07, 6.45) is 4.06. The Balaban J connectivity index is 1.56. The molecule has 132 valence electrons. The molecular formula is C19H17N3O3S. The minimum atomic E-state index is -0.463. The second-order valence-corrected chi connectivity index (χ2v) is 6.65. The van der Waals surface area contributed by atoms with Crippen LogP contribution in [0.4, 0.5) is 0 Å². The van der Waals surface area contributed by atoms with Crippen molar-refractivity contribution in [1.82, 2.24) is 15.1 Å². The summed E-state index contributed by atoms with van der Waals surface area (Å²) in [5.74, 6) is -0.272. The van der Waals surface area contributed by atoms with Crippen LogP contribution in [0.3, 0.4) is 0 Å². The van der Waals surface area contributed by atoms with Gasteiger partial charge in [0.2, 0.25) is 0 Å². The highest BCUT2D eigenvalue weighted by Crippen LogP contribution is 2.21. The third-order valence-electron chi connectivity index (χ3n) is 4.55. The molecule has 3 heterocycles. The van der Waals surface area contributed by atoms with Crippen LogP contribution in [0.2, 0.25) is 0 Å². The first-order valence-electron chi connectivity index (χ1n) is 8.34. The summed E-state index contributed by atoms with van der Waals surface area (Å²) >= 11 is 5.15. The monoisotopic (exact) mass is 367 g/mol. The molecule has 7 heteroatoms. The SMILES string of the molecule is O=C1NC(=S)N(Cc2ccco2)C(=O)C1=CN1CCc2ccccc2C1. The number of carbonyl (C=O) groups excluding carboxylic acids is 2. The Hall–Kier alpha value is -2.93. The number of benzene rings is 1. The van der Waals surface area contributed by atoms with Gasteiger partial charge in [0.05, 0.1) is 12.8 Å². The highest BCUT2D eigenvalue weighted by Gasteiger charge is 2.34. The minimum Gasteiger partial charge on any atom is -0.467 e. The van der Waals surface area contributed by atoms with Gasteiger partial charge in [-0.2, -0.15) is 0 Å². The lowest BCUT2D eigenvalue weighted by Gasteiger charge is -2.31. The Morgan fingerprint density at radius 2 is 1.96 bits per heavy atom. The van der Waals surface area contributed by atoms with Crippen LogP contribution in [0, 0.1) is 0 Å². The number of thiocarbonyl (C=S) groups is 1. The number of nitrogens with zero attached hydrogens (tertiary/aromatic N) is 2. The van der Waals surface area contributed by atoms with Crippen LogP contribution < -0.4 is 5.32 Å². The number of hydrogen-bond acceptors (Lipinski definition) is 5. The van der Waals surface area contributed by atoms with Gasteiger partial charge in [0.25, 0.3) is 11.8 Å². The van der Waals surface area contributed by atoms with Gasteiger partial charge in [-0.1, -0.05) is 24.3 Å². The number of amides is 2.